The number of oxazole rings is 1. The van der Waals surface area contributed by atoms with Crippen molar-refractivity contribution in [3.05, 3.63) is 81.8 Å². The SMILES string of the molecule is CC(C)(C)c1ccc(/C=C/c2nc(C#N)c(N3CCN(C(=O)c4ccc(Cl)cc4)CC3)o2)cc1. The number of carbonyl (C=O) groups is 1. The summed E-state index contributed by atoms with van der Waals surface area (Å²) in [6.45, 7) is 8.72. The molecule has 1 aliphatic rings. The third-order valence-corrected chi connectivity index (χ3v) is 6.12. The number of hydrogen-bond acceptors (Lipinski definition) is 5. The van der Waals surface area contributed by atoms with Crippen molar-refractivity contribution in [2.45, 2.75) is 26.2 Å². The minimum Gasteiger partial charge on any atom is -0.420 e. The van der Waals surface area contributed by atoms with Gasteiger partial charge in [-0.3, -0.25) is 4.79 Å². The molecule has 4 rings (SSSR count). The van der Waals surface area contributed by atoms with Gasteiger partial charge >= 0.3 is 0 Å². The molecule has 0 aliphatic carbocycles. The van der Waals surface area contributed by atoms with Gasteiger partial charge in [-0.1, -0.05) is 56.6 Å². The number of nitrogens with zero attached hydrogens (tertiary/aromatic N) is 4. The zero-order valence-corrected chi connectivity index (χ0v) is 20.3. The van der Waals surface area contributed by atoms with Gasteiger partial charge in [0.2, 0.25) is 17.5 Å². The molecule has 1 saturated heterocycles. The Balaban J connectivity index is 1.42. The Morgan fingerprint density at radius 3 is 2.26 bits per heavy atom. The van der Waals surface area contributed by atoms with E-state index in [1.54, 1.807) is 35.2 Å². The summed E-state index contributed by atoms with van der Waals surface area (Å²) in [5.74, 6) is 0.797. The van der Waals surface area contributed by atoms with Gasteiger partial charge in [0.15, 0.2) is 0 Å². The van der Waals surface area contributed by atoms with Crippen molar-refractivity contribution < 1.29 is 9.21 Å². The minimum absolute atomic E-state index is 0.0319. The molecule has 0 N–H and O–H groups in total. The maximum atomic E-state index is 12.7. The van der Waals surface area contributed by atoms with Gasteiger partial charge in [0, 0.05) is 42.8 Å². The first-order valence-electron chi connectivity index (χ1n) is 11.2. The molecule has 7 heteroatoms. The maximum absolute atomic E-state index is 12.7. The van der Waals surface area contributed by atoms with Gasteiger partial charge in [-0.15, -0.1) is 0 Å². The number of halogens is 1. The lowest BCUT2D eigenvalue weighted by Crippen LogP contribution is -2.48. The molecule has 1 aliphatic heterocycles. The van der Waals surface area contributed by atoms with Crippen LogP contribution >= 0.6 is 11.6 Å². The predicted octanol–water partition coefficient (Wildman–Crippen LogP) is 5.63. The molecule has 1 amide bonds. The lowest BCUT2D eigenvalue weighted by Gasteiger charge is -2.34. The van der Waals surface area contributed by atoms with Crippen molar-refractivity contribution in [3.63, 3.8) is 0 Å². The molecule has 0 saturated carbocycles. The molecule has 6 nitrogen and oxygen atoms in total. The van der Waals surface area contributed by atoms with Crippen molar-refractivity contribution in [1.29, 1.82) is 5.26 Å². The van der Waals surface area contributed by atoms with E-state index in [0.717, 1.165) is 5.56 Å². The molecular formula is C27H27ClN4O2. The fraction of sp³-hybridized carbons (Fsp3) is 0.296. The summed E-state index contributed by atoms with van der Waals surface area (Å²) in [5, 5.41) is 10.2. The number of anilines is 1. The van der Waals surface area contributed by atoms with E-state index in [9.17, 15) is 10.1 Å². The maximum Gasteiger partial charge on any atom is 0.253 e. The van der Waals surface area contributed by atoms with E-state index in [1.165, 1.54) is 5.56 Å². The zero-order valence-electron chi connectivity index (χ0n) is 19.6. The average molecular weight is 475 g/mol. The average Bonchev–Trinajstić information content (AvgIpc) is 3.26. The fourth-order valence-corrected chi connectivity index (χ4v) is 3.96. The van der Waals surface area contributed by atoms with Gasteiger partial charge in [-0.2, -0.15) is 10.2 Å². The molecule has 1 fully saturated rings. The van der Waals surface area contributed by atoms with Crippen LogP contribution in [0.1, 0.15) is 53.8 Å². The monoisotopic (exact) mass is 474 g/mol. The number of piperazine rings is 1. The second-order valence-electron chi connectivity index (χ2n) is 9.31. The molecule has 1 aromatic heterocycles. The highest BCUT2D eigenvalue weighted by Crippen LogP contribution is 2.26. The normalized spacial score (nSPS) is 14.4. The second-order valence-corrected chi connectivity index (χ2v) is 9.75. The zero-order chi connectivity index (χ0) is 24.3. The van der Waals surface area contributed by atoms with E-state index in [-0.39, 0.29) is 17.0 Å². The van der Waals surface area contributed by atoms with Crippen LogP contribution in [0.2, 0.25) is 5.02 Å². The summed E-state index contributed by atoms with van der Waals surface area (Å²) in [7, 11) is 0. The third-order valence-electron chi connectivity index (χ3n) is 5.87. The molecule has 0 spiro atoms. The van der Waals surface area contributed by atoms with Crippen LogP contribution in [0.4, 0.5) is 5.88 Å². The highest BCUT2D eigenvalue weighted by molar-refractivity contribution is 6.30. The van der Waals surface area contributed by atoms with Crippen LogP contribution in [0.25, 0.3) is 12.2 Å². The van der Waals surface area contributed by atoms with Gasteiger partial charge in [-0.25, -0.2) is 0 Å². The third kappa shape index (κ3) is 5.32. The molecule has 2 heterocycles. The van der Waals surface area contributed by atoms with Crippen molar-refractivity contribution in [1.82, 2.24) is 9.88 Å². The van der Waals surface area contributed by atoms with Crippen LogP contribution in [-0.4, -0.2) is 42.0 Å². The van der Waals surface area contributed by atoms with Crippen LogP contribution in [0.5, 0.6) is 0 Å². The van der Waals surface area contributed by atoms with E-state index in [0.29, 0.717) is 48.5 Å². The van der Waals surface area contributed by atoms with Crippen molar-refractivity contribution in [2.75, 3.05) is 31.1 Å². The van der Waals surface area contributed by atoms with E-state index in [1.807, 2.05) is 11.0 Å². The summed E-state index contributed by atoms with van der Waals surface area (Å²) in [4.78, 5) is 20.8. The topological polar surface area (TPSA) is 73.4 Å². The van der Waals surface area contributed by atoms with Crippen molar-refractivity contribution in [3.8, 4) is 6.07 Å². The van der Waals surface area contributed by atoms with E-state index >= 15 is 0 Å². The molecule has 0 unspecified atom stereocenters. The van der Waals surface area contributed by atoms with Crippen molar-refractivity contribution >= 4 is 35.5 Å². The summed E-state index contributed by atoms with van der Waals surface area (Å²) in [6.07, 6.45) is 3.70. The number of hydrogen-bond donors (Lipinski definition) is 0. The Bertz CT molecular complexity index is 1220. The number of aromatic nitrogens is 1. The minimum atomic E-state index is -0.0319. The van der Waals surface area contributed by atoms with E-state index < -0.39 is 0 Å². The summed E-state index contributed by atoms with van der Waals surface area (Å²) in [5.41, 5.74) is 3.26. The van der Waals surface area contributed by atoms with Gasteiger partial charge in [0.25, 0.3) is 5.91 Å². The quantitative estimate of drug-likeness (QED) is 0.490. The standard InChI is InChI=1S/C27H27ClN4O2/c1-27(2,3)21-9-4-19(5-10-21)6-13-24-30-23(18-29)26(34-24)32-16-14-31(15-17-32)25(33)20-7-11-22(28)12-8-20/h4-13H,14-17H2,1-3H3/b13-6+. The molecular weight excluding hydrogens is 448 g/mol. The molecule has 2 aromatic carbocycles. The Labute approximate surface area is 205 Å². The van der Waals surface area contributed by atoms with Crippen molar-refractivity contribution in [2.24, 2.45) is 0 Å². The van der Waals surface area contributed by atoms with Gasteiger partial charge in [0.05, 0.1) is 0 Å². The number of nitriles is 1. The molecule has 3 aromatic rings. The first kappa shape index (κ1) is 23.6. The predicted molar refractivity (Wildman–Crippen MR) is 135 cm³/mol. The second kappa shape index (κ2) is 9.74. The smallest absolute Gasteiger partial charge is 0.253 e. The number of amides is 1. The van der Waals surface area contributed by atoms with Crippen LogP contribution < -0.4 is 4.90 Å². The Morgan fingerprint density at radius 2 is 1.68 bits per heavy atom. The molecule has 0 bridgehead atoms. The molecule has 34 heavy (non-hydrogen) atoms. The van der Waals surface area contributed by atoms with Gasteiger partial charge in [0.1, 0.15) is 6.07 Å². The first-order chi connectivity index (χ1) is 16.2. The van der Waals surface area contributed by atoms with Crippen LogP contribution in [-0.2, 0) is 5.41 Å². The summed E-state index contributed by atoms with van der Waals surface area (Å²) >= 11 is 5.92. The molecule has 174 valence electrons. The highest BCUT2D eigenvalue weighted by atomic mass is 35.5. The number of rotatable bonds is 4. The summed E-state index contributed by atoms with van der Waals surface area (Å²) in [6, 6.07) is 17.4. The van der Waals surface area contributed by atoms with Crippen LogP contribution in [0, 0.1) is 11.3 Å². The first-order valence-corrected chi connectivity index (χ1v) is 11.6. The largest absolute Gasteiger partial charge is 0.420 e. The molecule has 0 atom stereocenters. The van der Waals surface area contributed by atoms with Crippen LogP contribution in [0.3, 0.4) is 0 Å². The fourth-order valence-electron chi connectivity index (χ4n) is 3.84. The van der Waals surface area contributed by atoms with E-state index in [2.05, 4.69) is 56.1 Å². The number of benzene rings is 2. The molecule has 0 radical (unpaired) electrons. The van der Waals surface area contributed by atoms with E-state index in [4.69, 9.17) is 16.0 Å². The Hall–Kier alpha value is -3.56. The van der Waals surface area contributed by atoms with Crippen LogP contribution in [0.15, 0.2) is 52.9 Å². The lowest BCUT2D eigenvalue weighted by molar-refractivity contribution is 0.0745. The lowest BCUT2D eigenvalue weighted by atomic mass is 9.87. The Kier molecular flexibility index (Phi) is 6.76. The highest BCUT2D eigenvalue weighted by Gasteiger charge is 2.26. The van der Waals surface area contributed by atoms with Gasteiger partial charge < -0.3 is 14.2 Å². The van der Waals surface area contributed by atoms with Gasteiger partial charge in [-0.05, 0) is 46.9 Å². The summed E-state index contributed by atoms with van der Waals surface area (Å²) < 4.78 is 5.93. The Morgan fingerprint density at radius 1 is 1.03 bits per heavy atom. The number of carbonyl (C=O) groups excluding carboxylic acids is 1.